The van der Waals surface area contributed by atoms with Crippen LogP contribution in [0.1, 0.15) is 24.1 Å². The number of carboxylic acids is 2. The summed E-state index contributed by atoms with van der Waals surface area (Å²) in [7, 11) is 0. The van der Waals surface area contributed by atoms with Crippen LogP contribution in [0.5, 0.6) is 5.75 Å². The Balaban J connectivity index is 0.000000390. The Labute approximate surface area is 183 Å². The average Bonchev–Trinajstić information content (AvgIpc) is 2.71. The summed E-state index contributed by atoms with van der Waals surface area (Å²) in [6, 6.07) is 15.7. The van der Waals surface area contributed by atoms with Gasteiger partial charge in [0.05, 0.1) is 12.2 Å². The van der Waals surface area contributed by atoms with Crippen molar-refractivity contribution in [2.24, 2.45) is 5.92 Å². The topological polar surface area (TPSA) is 87.1 Å². The zero-order chi connectivity index (χ0) is 23.7. The standard InChI is InChI=1S/C19H20F3NO.C4H4O4/c1-14(16-6-3-2-4-7-16)23-11-15(12-23)13-24-18-9-5-8-17(10-18)19(20,21)22;5-3(6)1-2-4(7)8/h2-10,14-15H,11-13H2,1H3;1-2H,(H,5,6)(H,7,8)/b;2-1-. The molecular formula is C23H24F3NO5. The van der Waals surface area contributed by atoms with Crippen LogP contribution in [0.2, 0.25) is 0 Å². The van der Waals surface area contributed by atoms with Crippen molar-refractivity contribution in [2.75, 3.05) is 19.7 Å². The molecule has 0 bridgehead atoms. The summed E-state index contributed by atoms with van der Waals surface area (Å²) < 4.78 is 43.6. The van der Waals surface area contributed by atoms with Crippen LogP contribution < -0.4 is 4.74 Å². The Bertz CT molecular complexity index is 909. The summed E-state index contributed by atoms with van der Waals surface area (Å²) in [6.45, 7) is 4.41. The molecule has 1 unspecified atom stereocenters. The molecule has 2 N–H and O–H groups in total. The Morgan fingerprint density at radius 2 is 1.66 bits per heavy atom. The third-order valence-electron chi connectivity index (χ3n) is 4.83. The van der Waals surface area contributed by atoms with Crippen LogP contribution in [0.4, 0.5) is 13.2 Å². The summed E-state index contributed by atoms with van der Waals surface area (Å²) in [4.78, 5) is 21.4. The number of alkyl halides is 3. The van der Waals surface area contributed by atoms with E-state index in [0.29, 0.717) is 30.7 Å². The highest BCUT2D eigenvalue weighted by atomic mass is 19.4. The Hall–Kier alpha value is -3.33. The molecule has 9 heteroatoms. The van der Waals surface area contributed by atoms with Crippen LogP contribution in [-0.4, -0.2) is 46.7 Å². The van der Waals surface area contributed by atoms with E-state index in [-0.39, 0.29) is 5.75 Å². The summed E-state index contributed by atoms with van der Waals surface area (Å²) >= 11 is 0. The molecule has 32 heavy (non-hydrogen) atoms. The van der Waals surface area contributed by atoms with E-state index in [2.05, 4.69) is 24.0 Å². The van der Waals surface area contributed by atoms with Gasteiger partial charge in [-0.05, 0) is 30.7 Å². The lowest BCUT2D eigenvalue weighted by Crippen LogP contribution is -2.50. The first-order valence-corrected chi connectivity index (χ1v) is 9.79. The summed E-state index contributed by atoms with van der Waals surface area (Å²) in [5, 5.41) is 15.6. The lowest BCUT2D eigenvalue weighted by atomic mass is 9.96. The highest BCUT2D eigenvalue weighted by molar-refractivity contribution is 5.89. The van der Waals surface area contributed by atoms with Gasteiger partial charge in [0, 0.05) is 37.2 Å². The summed E-state index contributed by atoms with van der Waals surface area (Å²) in [6.07, 6.45) is -3.22. The molecule has 1 atom stereocenters. The van der Waals surface area contributed by atoms with Gasteiger partial charge < -0.3 is 14.9 Å². The molecule has 2 aromatic carbocycles. The van der Waals surface area contributed by atoms with Crippen molar-refractivity contribution in [1.29, 1.82) is 0 Å². The van der Waals surface area contributed by atoms with E-state index < -0.39 is 23.7 Å². The second-order valence-corrected chi connectivity index (χ2v) is 7.25. The minimum atomic E-state index is -4.34. The van der Waals surface area contributed by atoms with Crippen LogP contribution in [-0.2, 0) is 15.8 Å². The number of benzene rings is 2. The fraction of sp³-hybridized carbons (Fsp3) is 0.304. The van der Waals surface area contributed by atoms with Gasteiger partial charge in [0.15, 0.2) is 0 Å². The number of halogens is 3. The third-order valence-corrected chi connectivity index (χ3v) is 4.83. The quantitative estimate of drug-likeness (QED) is 0.604. The molecule has 6 nitrogen and oxygen atoms in total. The van der Waals surface area contributed by atoms with Gasteiger partial charge in [-0.15, -0.1) is 0 Å². The second-order valence-electron chi connectivity index (χ2n) is 7.25. The molecule has 2 aromatic rings. The Morgan fingerprint density at radius 3 is 2.19 bits per heavy atom. The maximum absolute atomic E-state index is 12.7. The molecule has 1 saturated heterocycles. The van der Waals surface area contributed by atoms with Gasteiger partial charge in [-0.2, -0.15) is 13.2 Å². The number of hydrogen-bond acceptors (Lipinski definition) is 4. The summed E-state index contributed by atoms with van der Waals surface area (Å²) in [5.74, 6) is -1.88. The Morgan fingerprint density at radius 1 is 1.06 bits per heavy atom. The van der Waals surface area contributed by atoms with Gasteiger partial charge in [0.25, 0.3) is 0 Å². The molecular weight excluding hydrogens is 427 g/mol. The van der Waals surface area contributed by atoms with Crippen LogP contribution in [0.15, 0.2) is 66.7 Å². The number of rotatable bonds is 7. The minimum Gasteiger partial charge on any atom is -0.493 e. The number of hydrogen-bond donors (Lipinski definition) is 2. The zero-order valence-electron chi connectivity index (χ0n) is 17.3. The predicted molar refractivity (Wildman–Crippen MR) is 111 cm³/mol. The maximum Gasteiger partial charge on any atom is 0.416 e. The van der Waals surface area contributed by atoms with Gasteiger partial charge in [-0.25, -0.2) is 9.59 Å². The first-order valence-electron chi connectivity index (χ1n) is 9.79. The molecule has 1 fully saturated rings. The molecule has 0 amide bonds. The van der Waals surface area contributed by atoms with Crippen molar-refractivity contribution in [2.45, 2.75) is 19.1 Å². The van der Waals surface area contributed by atoms with Gasteiger partial charge >= 0.3 is 18.1 Å². The first kappa shape index (κ1) is 24.9. The normalized spacial score (nSPS) is 15.4. The molecule has 1 aliphatic heterocycles. The number of likely N-dealkylation sites (tertiary alicyclic amines) is 1. The van der Waals surface area contributed by atoms with E-state index in [4.69, 9.17) is 14.9 Å². The van der Waals surface area contributed by atoms with Crippen LogP contribution >= 0.6 is 0 Å². The molecule has 1 heterocycles. The molecule has 0 saturated carbocycles. The SMILES string of the molecule is CC(c1ccccc1)N1CC(COc2cccc(C(F)(F)F)c2)C1.O=C(O)/C=C\C(=O)O. The zero-order valence-corrected chi connectivity index (χ0v) is 17.3. The highest BCUT2D eigenvalue weighted by Crippen LogP contribution is 2.32. The lowest BCUT2D eigenvalue weighted by molar-refractivity contribution is -0.137. The van der Waals surface area contributed by atoms with Crippen molar-refractivity contribution in [3.8, 4) is 5.75 Å². The van der Waals surface area contributed by atoms with E-state index >= 15 is 0 Å². The van der Waals surface area contributed by atoms with Gasteiger partial charge in [0.2, 0.25) is 0 Å². The summed E-state index contributed by atoms with van der Waals surface area (Å²) in [5.41, 5.74) is 0.600. The van der Waals surface area contributed by atoms with E-state index in [9.17, 15) is 22.8 Å². The van der Waals surface area contributed by atoms with Crippen LogP contribution in [0.3, 0.4) is 0 Å². The molecule has 0 spiro atoms. The van der Waals surface area contributed by atoms with Gasteiger partial charge in [-0.3, -0.25) is 4.90 Å². The molecule has 0 radical (unpaired) electrons. The molecule has 172 valence electrons. The monoisotopic (exact) mass is 451 g/mol. The largest absolute Gasteiger partial charge is 0.493 e. The van der Waals surface area contributed by atoms with Crippen molar-refractivity contribution < 1.29 is 37.7 Å². The number of nitrogens with zero attached hydrogens (tertiary/aromatic N) is 1. The van der Waals surface area contributed by atoms with E-state index in [0.717, 1.165) is 25.2 Å². The van der Waals surface area contributed by atoms with Gasteiger partial charge in [-0.1, -0.05) is 36.4 Å². The molecule has 3 rings (SSSR count). The molecule has 0 aliphatic carbocycles. The van der Waals surface area contributed by atoms with E-state index in [1.165, 1.54) is 11.6 Å². The highest BCUT2D eigenvalue weighted by Gasteiger charge is 2.32. The average molecular weight is 451 g/mol. The Kier molecular flexibility index (Phi) is 8.83. The second kappa shape index (κ2) is 11.3. The first-order chi connectivity index (χ1) is 15.1. The fourth-order valence-corrected chi connectivity index (χ4v) is 3.09. The van der Waals surface area contributed by atoms with Crippen molar-refractivity contribution >= 4 is 11.9 Å². The molecule has 0 aromatic heterocycles. The fourth-order valence-electron chi connectivity index (χ4n) is 3.09. The number of carboxylic acid groups (broad SMARTS) is 2. The number of carbonyl (C=O) groups is 2. The minimum absolute atomic E-state index is 0.277. The maximum atomic E-state index is 12.7. The van der Waals surface area contributed by atoms with Crippen molar-refractivity contribution in [3.63, 3.8) is 0 Å². The van der Waals surface area contributed by atoms with E-state index in [1.807, 2.05) is 18.2 Å². The number of aliphatic carboxylic acids is 2. The van der Waals surface area contributed by atoms with Crippen LogP contribution in [0.25, 0.3) is 0 Å². The van der Waals surface area contributed by atoms with Crippen molar-refractivity contribution in [1.82, 2.24) is 4.90 Å². The van der Waals surface area contributed by atoms with E-state index in [1.54, 1.807) is 6.07 Å². The number of ether oxygens (including phenoxy) is 1. The van der Waals surface area contributed by atoms with Gasteiger partial charge in [0.1, 0.15) is 5.75 Å². The lowest BCUT2D eigenvalue weighted by Gasteiger charge is -2.43. The van der Waals surface area contributed by atoms with Crippen LogP contribution in [0, 0.1) is 5.92 Å². The van der Waals surface area contributed by atoms with Crippen molar-refractivity contribution in [3.05, 3.63) is 77.9 Å². The smallest absolute Gasteiger partial charge is 0.416 e. The third kappa shape index (κ3) is 8.07. The molecule has 1 aliphatic rings. The predicted octanol–water partition coefficient (Wildman–Crippen LogP) is 4.49.